The molecule has 28 heavy (non-hydrogen) atoms. The molecule has 4 atom stereocenters. The summed E-state index contributed by atoms with van der Waals surface area (Å²) in [6.45, 7) is 2.90. The molecule has 6 nitrogen and oxygen atoms in total. The van der Waals surface area contributed by atoms with Gasteiger partial charge in [-0.3, -0.25) is 9.79 Å². The first-order valence-electron chi connectivity index (χ1n) is 11.6. The smallest absolute Gasteiger partial charge is 0.223 e. The fraction of sp³-hybridized carbons (Fsp3) is 0.909. The fourth-order valence-electron chi connectivity index (χ4n) is 5.72. The predicted molar refractivity (Wildman–Crippen MR) is 111 cm³/mol. The molecule has 0 heterocycles. The lowest BCUT2D eigenvalue weighted by atomic mass is 9.60. The molecule has 0 aromatic carbocycles. The largest absolute Gasteiger partial charge is 0.378 e. The molecule has 0 aromatic heterocycles. The summed E-state index contributed by atoms with van der Waals surface area (Å²) in [5, 5.41) is 10.5. The van der Waals surface area contributed by atoms with Crippen molar-refractivity contribution >= 4 is 11.9 Å². The van der Waals surface area contributed by atoms with Gasteiger partial charge in [0.1, 0.15) is 0 Å². The average Bonchev–Trinajstić information content (AvgIpc) is 3.35. The normalized spacial score (nSPS) is 34.7. The first kappa shape index (κ1) is 20.0. The van der Waals surface area contributed by atoms with Crippen LogP contribution < -0.4 is 16.0 Å². The van der Waals surface area contributed by atoms with Gasteiger partial charge in [-0.05, 0) is 58.3 Å². The number of aliphatic imine (C=N–C) groups is 1. The minimum absolute atomic E-state index is 0.150. The van der Waals surface area contributed by atoms with Crippen LogP contribution in [0.15, 0.2) is 4.99 Å². The lowest BCUT2D eigenvalue weighted by molar-refractivity contribution is -0.126. The molecule has 4 rings (SSSR count). The number of nitrogens with zero attached hydrogens (tertiary/aromatic N) is 1. The molecular formula is C22H38N4O2. The number of rotatable bonds is 6. The van der Waals surface area contributed by atoms with Crippen LogP contribution in [0.1, 0.15) is 77.6 Å². The summed E-state index contributed by atoms with van der Waals surface area (Å²) in [4.78, 5) is 17.0. The van der Waals surface area contributed by atoms with E-state index in [4.69, 9.17) is 4.74 Å². The van der Waals surface area contributed by atoms with Crippen LogP contribution >= 0.6 is 0 Å². The number of carbonyl (C=O) groups excluding carboxylic acids is 1. The van der Waals surface area contributed by atoms with E-state index in [2.05, 4.69) is 27.9 Å². The number of nitrogens with one attached hydrogen (secondary N) is 3. The molecule has 4 saturated carbocycles. The molecule has 6 heteroatoms. The Kier molecular flexibility index (Phi) is 6.14. The van der Waals surface area contributed by atoms with Crippen molar-refractivity contribution in [3.63, 3.8) is 0 Å². The second-order valence-corrected chi connectivity index (χ2v) is 9.38. The molecule has 4 aliphatic rings. The second kappa shape index (κ2) is 8.60. The van der Waals surface area contributed by atoms with Gasteiger partial charge in [0.15, 0.2) is 5.96 Å². The summed E-state index contributed by atoms with van der Waals surface area (Å²) >= 11 is 0. The van der Waals surface area contributed by atoms with Crippen LogP contribution in [0.5, 0.6) is 0 Å². The van der Waals surface area contributed by atoms with E-state index in [-0.39, 0.29) is 11.8 Å². The van der Waals surface area contributed by atoms with Crippen LogP contribution in [0.2, 0.25) is 0 Å². The molecule has 4 aliphatic carbocycles. The van der Waals surface area contributed by atoms with Crippen LogP contribution in [0.4, 0.5) is 0 Å². The van der Waals surface area contributed by atoms with Crippen LogP contribution in [0.25, 0.3) is 0 Å². The zero-order valence-corrected chi connectivity index (χ0v) is 17.6. The SMILES string of the molecule is CCOC1CC(NC(=NC)NC2CCCC(C(=O)NC3CC3)C2)C12CCCC2. The fourth-order valence-corrected chi connectivity index (χ4v) is 5.72. The summed E-state index contributed by atoms with van der Waals surface area (Å²) in [6, 6.07) is 1.24. The molecule has 4 unspecified atom stereocenters. The van der Waals surface area contributed by atoms with E-state index in [1.165, 1.54) is 25.7 Å². The minimum Gasteiger partial charge on any atom is -0.378 e. The molecular weight excluding hydrogens is 352 g/mol. The first-order chi connectivity index (χ1) is 13.6. The van der Waals surface area contributed by atoms with Gasteiger partial charge in [-0.1, -0.05) is 19.3 Å². The van der Waals surface area contributed by atoms with Gasteiger partial charge in [-0.15, -0.1) is 0 Å². The minimum atomic E-state index is 0.150. The Morgan fingerprint density at radius 1 is 1.00 bits per heavy atom. The number of guanidine groups is 1. The third-order valence-corrected chi connectivity index (χ3v) is 7.53. The van der Waals surface area contributed by atoms with E-state index in [0.29, 0.717) is 29.6 Å². The number of ether oxygens (including phenoxy) is 1. The van der Waals surface area contributed by atoms with Gasteiger partial charge < -0.3 is 20.7 Å². The van der Waals surface area contributed by atoms with E-state index in [1.807, 2.05) is 7.05 Å². The highest BCUT2D eigenvalue weighted by Crippen LogP contribution is 2.54. The highest BCUT2D eigenvalue weighted by molar-refractivity contribution is 5.81. The standard InChI is InChI=1S/C22H38N4O2/c1-3-28-19-14-18(22(19)11-4-5-12-22)26-21(23-2)25-17-8-6-7-15(13-17)20(27)24-16-9-10-16/h15-19H,3-14H2,1-2H3,(H,24,27)(H2,23,25,26). The monoisotopic (exact) mass is 390 g/mol. The van der Waals surface area contributed by atoms with Crippen molar-refractivity contribution in [2.24, 2.45) is 16.3 Å². The Bertz CT molecular complexity index is 583. The number of carbonyl (C=O) groups is 1. The number of hydrogen-bond acceptors (Lipinski definition) is 3. The Hall–Kier alpha value is -1.30. The number of hydrogen-bond donors (Lipinski definition) is 3. The van der Waals surface area contributed by atoms with Gasteiger partial charge in [-0.2, -0.15) is 0 Å². The van der Waals surface area contributed by atoms with Crippen molar-refractivity contribution in [1.29, 1.82) is 0 Å². The van der Waals surface area contributed by atoms with E-state index in [1.54, 1.807) is 0 Å². The van der Waals surface area contributed by atoms with Crippen molar-refractivity contribution < 1.29 is 9.53 Å². The van der Waals surface area contributed by atoms with Crippen LogP contribution in [-0.2, 0) is 9.53 Å². The molecule has 0 aromatic rings. The van der Waals surface area contributed by atoms with E-state index >= 15 is 0 Å². The van der Waals surface area contributed by atoms with E-state index < -0.39 is 0 Å². The van der Waals surface area contributed by atoms with Crippen LogP contribution in [0.3, 0.4) is 0 Å². The summed E-state index contributed by atoms with van der Waals surface area (Å²) in [5.74, 6) is 1.32. The van der Waals surface area contributed by atoms with Gasteiger partial charge in [0.25, 0.3) is 0 Å². The predicted octanol–water partition coefficient (Wildman–Crippen LogP) is 2.73. The van der Waals surface area contributed by atoms with Gasteiger partial charge in [0.2, 0.25) is 5.91 Å². The molecule has 158 valence electrons. The number of amides is 1. The maximum Gasteiger partial charge on any atom is 0.223 e. The van der Waals surface area contributed by atoms with Crippen molar-refractivity contribution in [2.45, 2.75) is 102 Å². The molecule has 0 radical (unpaired) electrons. The van der Waals surface area contributed by atoms with Crippen molar-refractivity contribution in [1.82, 2.24) is 16.0 Å². The lowest BCUT2D eigenvalue weighted by Crippen LogP contribution is -2.65. The highest BCUT2D eigenvalue weighted by atomic mass is 16.5. The summed E-state index contributed by atoms with van der Waals surface area (Å²) in [5.41, 5.74) is 0.298. The topological polar surface area (TPSA) is 74.8 Å². The maximum absolute atomic E-state index is 12.5. The van der Waals surface area contributed by atoms with E-state index in [0.717, 1.165) is 57.5 Å². The van der Waals surface area contributed by atoms with E-state index in [9.17, 15) is 4.79 Å². The zero-order chi connectivity index (χ0) is 19.6. The van der Waals surface area contributed by atoms with Crippen molar-refractivity contribution in [2.75, 3.05) is 13.7 Å². The molecule has 0 aliphatic heterocycles. The summed E-state index contributed by atoms with van der Waals surface area (Å²) < 4.78 is 6.04. The average molecular weight is 391 g/mol. The molecule has 1 amide bonds. The first-order valence-corrected chi connectivity index (χ1v) is 11.6. The molecule has 3 N–H and O–H groups in total. The lowest BCUT2D eigenvalue weighted by Gasteiger charge is -2.54. The van der Waals surface area contributed by atoms with Crippen LogP contribution in [0, 0.1) is 11.3 Å². The Morgan fingerprint density at radius 2 is 1.79 bits per heavy atom. The highest BCUT2D eigenvalue weighted by Gasteiger charge is 2.57. The molecule has 1 spiro atoms. The Morgan fingerprint density at radius 3 is 2.46 bits per heavy atom. The molecule has 0 saturated heterocycles. The van der Waals surface area contributed by atoms with Gasteiger partial charge >= 0.3 is 0 Å². The van der Waals surface area contributed by atoms with Crippen molar-refractivity contribution in [3.05, 3.63) is 0 Å². The zero-order valence-electron chi connectivity index (χ0n) is 17.6. The Balaban J connectivity index is 1.30. The maximum atomic E-state index is 12.5. The van der Waals surface area contributed by atoms with Gasteiger partial charge in [-0.25, -0.2) is 0 Å². The third kappa shape index (κ3) is 4.17. The quantitative estimate of drug-likeness (QED) is 0.482. The van der Waals surface area contributed by atoms with Gasteiger partial charge in [0.05, 0.1) is 6.10 Å². The third-order valence-electron chi connectivity index (χ3n) is 7.53. The van der Waals surface area contributed by atoms with Crippen LogP contribution in [-0.4, -0.2) is 49.8 Å². The Labute approximate surface area is 169 Å². The molecule has 4 fully saturated rings. The van der Waals surface area contributed by atoms with Crippen molar-refractivity contribution in [3.8, 4) is 0 Å². The second-order valence-electron chi connectivity index (χ2n) is 9.38. The summed E-state index contributed by atoms with van der Waals surface area (Å²) in [7, 11) is 1.86. The molecule has 0 bridgehead atoms. The van der Waals surface area contributed by atoms with Gasteiger partial charge in [0, 0.05) is 43.1 Å². The summed E-state index contributed by atoms with van der Waals surface area (Å²) in [6.07, 6.45) is 13.1.